The van der Waals surface area contributed by atoms with Crippen LogP contribution in [0.3, 0.4) is 0 Å². The molecule has 1 amide bonds. The van der Waals surface area contributed by atoms with Gasteiger partial charge in [0.1, 0.15) is 5.60 Å². The van der Waals surface area contributed by atoms with E-state index in [0.717, 1.165) is 11.3 Å². The summed E-state index contributed by atoms with van der Waals surface area (Å²) in [6, 6.07) is 8.76. The highest BCUT2D eigenvalue weighted by molar-refractivity contribution is 5.85. The fourth-order valence-corrected chi connectivity index (χ4v) is 1.88. The van der Waals surface area contributed by atoms with Gasteiger partial charge in [0.15, 0.2) is 5.69 Å². The van der Waals surface area contributed by atoms with Gasteiger partial charge in [-0.05, 0) is 37.6 Å². The standard InChI is InChI=1S/C16H19N3O4/c1-16(2,23-3)15(22)17-10-11-5-4-6-12(9-11)19-8-7-13(18-19)14(20)21/h4-9H,10H2,1-3H3,(H,17,22)(H,20,21). The zero-order valence-corrected chi connectivity index (χ0v) is 13.2. The van der Waals surface area contributed by atoms with E-state index in [9.17, 15) is 9.59 Å². The number of nitrogens with zero attached hydrogens (tertiary/aromatic N) is 2. The zero-order chi connectivity index (χ0) is 17.0. The molecule has 0 saturated heterocycles. The lowest BCUT2D eigenvalue weighted by Crippen LogP contribution is -2.43. The summed E-state index contributed by atoms with van der Waals surface area (Å²) in [4.78, 5) is 22.9. The summed E-state index contributed by atoms with van der Waals surface area (Å²) in [5.74, 6) is -1.29. The number of aromatic nitrogens is 2. The number of amides is 1. The van der Waals surface area contributed by atoms with Crippen molar-refractivity contribution in [3.8, 4) is 5.69 Å². The molecule has 0 radical (unpaired) electrons. The lowest BCUT2D eigenvalue weighted by atomic mass is 10.1. The van der Waals surface area contributed by atoms with Crippen molar-refractivity contribution in [3.63, 3.8) is 0 Å². The van der Waals surface area contributed by atoms with Crippen LogP contribution >= 0.6 is 0 Å². The number of rotatable bonds is 6. The van der Waals surface area contributed by atoms with E-state index in [-0.39, 0.29) is 11.6 Å². The van der Waals surface area contributed by atoms with Crippen LogP contribution in [-0.4, -0.2) is 39.5 Å². The van der Waals surface area contributed by atoms with Crippen molar-refractivity contribution in [1.29, 1.82) is 0 Å². The number of carbonyl (C=O) groups excluding carboxylic acids is 1. The molecule has 0 fully saturated rings. The Bertz CT molecular complexity index is 722. The second kappa shape index (κ2) is 6.62. The van der Waals surface area contributed by atoms with Gasteiger partial charge in [-0.15, -0.1) is 0 Å². The van der Waals surface area contributed by atoms with Crippen LogP contribution in [0.1, 0.15) is 29.9 Å². The highest BCUT2D eigenvalue weighted by Gasteiger charge is 2.26. The molecular weight excluding hydrogens is 298 g/mol. The fourth-order valence-electron chi connectivity index (χ4n) is 1.88. The van der Waals surface area contributed by atoms with Gasteiger partial charge < -0.3 is 15.2 Å². The van der Waals surface area contributed by atoms with E-state index >= 15 is 0 Å². The Morgan fingerprint density at radius 2 is 2.09 bits per heavy atom. The molecule has 0 spiro atoms. The molecule has 7 heteroatoms. The SMILES string of the molecule is COC(C)(C)C(=O)NCc1cccc(-n2ccc(C(=O)O)n2)c1. The van der Waals surface area contributed by atoms with Crippen molar-refractivity contribution >= 4 is 11.9 Å². The summed E-state index contributed by atoms with van der Waals surface area (Å²) >= 11 is 0. The predicted molar refractivity (Wildman–Crippen MR) is 83.5 cm³/mol. The van der Waals surface area contributed by atoms with Crippen LogP contribution in [0.5, 0.6) is 0 Å². The van der Waals surface area contributed by atoms with E-state index in [0.29, 0.717) is 6.54 Å². The van der Waals surface area contributed by atoms with E-state index < -0.39 is 11.6 Å². The van der Waals surface area contributed by atoms with Gasteiger partial charge in [-0.3, -0.25) is 4.79 Å². The Labute approximate surface area is 133 Å². The molecule has 1 aromatic carbocycles. The molecule has 0 aliphatic carbocycles. The number of methoxy groups -OCH3 is 1. The monoisotopic (exact) mass is 317 g/mol. The van der Waals surface area contributed by atoms with Gasteiger partial charge in [0.25, 0.3) is 5.91 Å². The van der Waals surface area contributed by atoms with Gasteiger partial charge in [0.2, 0.25) is 0 Å². The van der Waals surface area contributed by atoms with Crippen LogP contribution in [0.2, 0.25) is 0 Å². The summed E-state index contributed by atoms with van der Waals surface area (Å²) < 4.78 is 6.60. The number of hydrogen-bond donors (Lipinski definition) is 2. The minimum absolute atomic E-state index is 0.0226. The topological polar surface area (TPSA) is 93.5 Å². The summed E-state index contributed by atoms with van der Waals surface area (Å²) in [6.45, 7) is 3.72. The number of hydrogen-bond acceptors (Lipinski definition) is 4. The zero-order valence-electron chi connectivity index (χ0n) is 13.2. The number of nitrogens with one attached hydrogen (secondary N) is 1. The molecule has 0 aliphatic heterocycles. The van der Waals surface area contributed by atoms with Crippen LogP contribution in [0.25, 0.3) is 5.69 Å². The first-order valence-electron chi connectivity index (χ1n) is 7.05. The second-order valence-electron chi connectivity index (χ2n) is 5.52. The lowest BCUT2D eigenvalue weighted by molar-refractivity contribution is -0.139. The maximum atomic E-state index is 12.0. The van der Waals surface area contributed by atoms with E-state index in [1.807, 2.05) is 24.3 Å². The first-order chi connectivity index (χ1) is 10.8. The molecule has 7 nitrogen and oxygen atoms in total. The lowest BCUT2D eigenvalue weighted by Gasteiger charge is -2.21. The molecule has 23 heavy (non-hydrogen) atoms. The molecule has 0 atom stereocenters. The van der Waals surface area contributed by atoms with Crippen molar-refractivity contribution < 1.29 is 19.4 Å². The predicted octanol–water partition coefficient (Wildman–Crippen LogP) is 1.61. The molecule has 0 aliphatic rings. The maximum Gasteiger partial charge on any atom is 0.356 e. The highest BCUT2D eigenvalue weighted by Crippen LogP contribution is 2.12. The maximum absolute atomic E-state index is 12.0. The van der Waals surface area contributed by atoms with E-state index in [2.05, 4.69) is 10.4 Å². The molecule has 0 saturated carbocycles. The summed E-state index contributed by atoms with van der Waals surface area (Å²) in [5, 5.41) is 15.7. The van der Waals surface area contributed by atoms with E-state index in [1.54, 1.807) is 20.0 Å². The van der Waals surface area contributed by atoms with Crippen molar-refractivity contribution in [2.24, 2.45) is 0 Å². The van der Waals surface area contributed by atoms with Gasteiger partial charge in [0.05, 0.1) is 5.69 Å². The number of carbonyl (C=O) groups is 2. The Morgan fingerprint density at radius 1 is 1.35 bits per heavy atom. The van der Waals surface area contributed by atoms with Gasteiger partial charge in [-0.25, -0.2) is 9.48 Å². The number of ether oxygens (including phenoxy) is 1. The van der Waals surface area contributed by atoms with Crippen molar-refractivity contribution in [2.45, 2.75) is 26.0 Å². The van der Waals surface area contributed by atoms with Crippen LogP contribution in [0, 0.1) is 0 Å². The first-order valence-corrected chi connectivity index (χ1v) is 7.05. The smallest absolute Gasteiger partial charge is 0.356 e. The third kappa shape index (κ3) is 3.95. The third-order valence-electron chi connectivity index (χ3n) is 3.49. The average Bonchev–Trinajstić information content (AvgIpc) is 3.03. The van der Waals surface area contributed by atoms with Crippen LogP contribution in [0.4, 0.5) is 0 Å². The minimum atomic E-state index is -1.08. The number of aromatic carboxylic acids is 1. The molecule has 0 unspecified atom stereocenters. The Morgan fingerprint density at radius 3 is 2.70 bits per heavy atom. The average molecular weight is 317 g/mol. The van der Waals surface area contributed by atoms with Crippen molar-refractivity contribution in [2.75, 3.05) is 7.11 Å². The summed E-state index contributed by atoms with van der Waals surface area (Å²) in [5.41, 5.74) is 0.673. The second-order valence-corrected chi connectivity index (χ2v) is 5.52. The molecule has 2 aromatic rings. The number of carboxylic acid groups (broad SMARTS) is 1. The Kier molecular flexibility index (Phi) is 4.80. The van der Waals surface area contributed by atoms with Crippen LogP contribution in [0.15, 0.2) is 36.5 Å². The highest BCUT2D eigenvalue weighted by atomic mass is 16.5. The quantitative estimate of drug-likeness (QED) is 0.844. The first kappa shape index (κ1) is 16.7. The number of benzene rings is 1. The Balaban J connectivity index is 2.11. The van der Waals surface area contributed by atoms with E-state index in [4.69, 9.17) is 9.84 Å². The molecule has 1 heterocycles. The molecule has 0 bridgehead atoms. The van der Waals surface area contributed by atoms with Gasteiger partial charge in [-0.2, -0.15) is 5.10 Å². The largest absolute Gasteiger partial charge is 0.476 e. The van der Waals surface area contributed by atoms with Crippen molar-refractivity contribution in [1.82, 2.24) is 15.1 Å². The molecular formula is C16H19N3O4. The molecule has 2 rings (SSSR count). The summed E-state index contributed by atoms with van der Waals surface area (Å²) in [6.07, 6.45) is 1.58. The molecule has 2 N–H and O–H groups in total. The van der Waals surface area contributed by atoms with Gasteiger partial charge in [0, 0.05) is 19.9 Å². The van der Waals surface area contributed by atoms with Gasteiger partial charge in [-0.1, -0.05) is 12.1 Å². The third-order valence-corrected chi connectivity index (χ3v) is 3.49. The van der Waals surface area contributed by atoms with Gasteiger partial charge >= 0.3 is 5.97 Å². The normalized spacial score (nSPS) is 11.3. The minimum Gasteiger partial charge on any atom is -0.476 e. The Hall–Kier alpha value is -2.67. The summed E-state index contributed by atoms with van der Waals surface area (Å²) in [7, 11) is 1.48. The van der Waals surface area contributed by atoms with Crippen LogP contribution < -0.4 is 5.32 Å². The fraction of sp³-hybridized carbons (Fsp3) is 0.312. The number of carboxylic acids is 1. The molecule has 1 aromatic heterocycles. The van der Waals surface area contributed by atoms with E-state index in [1.165, 1.54) is 17.9 Å². The van der Waals surface area contributed by atoms with Crippen molar-refractivity contribution in [3.05, 3.63) is 47.8 Å². The molecule has 122 valence electrons. The van der Waals surface area contributed by atoms with Crippen LogP contribution in [-0.2, 0) is 16.1 Å².